The summed E-state index contributed by atoms with van der Waals surface area (Å²) in [5.74, 6) is -2.29. The minimum absolute atomic E-state index is 0.0325. The van der Waals surface area contributed by atoms with Gasteiger partial charge in [0.05, 0.1) is 11.7 Å². The van der Waals surface area contributed by atoms with E-state index < -0.39 is 17.8 Å². The summed E-state index contributed by atoms with van der Waals surface area (Å²) in [7, 11) is 0. The van der Waals surface area contributed by atoms with E-state index >= 15 is 0 Å². The van der Waals surface area contributed by atoms with Crippen molar-refractivity contribution in [2.24, 2.45) is 0 Å². The number of aromatic carboxylic acids is 1. The summed E-state index contributed by atoms with van der Waals surface area (Å²) in [6.07, 6.45) is 0. The van der Waals surface area contributed by atoms with Crippen molar-refractivity contribution >= 4 is 45.8 Å². The van der Waals surface area contributed by atoms with Gasteiger partial charge in [-0.15, -0.1) is 0 Å². The Kier molecular flexibility index (Phi) is 3.33. The number of carbonyl (C=O) groups is 3. The van der Waals surface area contributed by atoms with Crippen LogP contribution in [0.25, 0.3) is 10.8 Å². The van der Waals surface area contributed by atoms with Crippen LogP contribution in [0.1, 0.15) is 31.1 Å². The van der Waals surface area contributed by atoms with Gasteiger partial charge in [0.15, 0.2) is 0 Å². The molecule has 0 spiro atoms. The highest BCUT2D eigenvalue weighted by molar-refractivity contribution is 6.40. The van der Waals surface area contributed by atoms with Crippen LogP contribution in [0.5, 0.6) is 0 Å². The molecule has 6 heteroatoms. The quantitative estimate of drug-likeness (QED) is 0.666. The fraction of sp³-hybridized carbons (Fsp3) is 0. The zero-order valence-electron chi connectivity index (χ0n) is 12.7. The third-order valence-electron chi connectivity index (χ3n) is 4.22. The fourth-order valence-electron chi connectivity index (χ4n) is 3.04. The highest BCUT2D eigenvalue weighted by atomic mass is 35.5. The molecule has 0 aliphatic carbocycles. The SMILES string of the molecule is O=C([O-])c1ccc(N2C(=O)c3cccc4c(Cl)ccc(c34)C2=O)cc1. The number of carboxylic acids is 1. The van der Waals surface area contributed by atoms with Gasteiger partial charge in [0.2, 0.25) is 0 Å². The van der Waals surface area contributed by atoms with Gasteiger partial charge in [-0.25, -0.2) is 4.90 Å². The summed E-state index contributed by atoms with van der Waals surface area (Å²) in [5.41, 5.74) is 1.00. The van der Waals surface area contributed by atoms with E-state index in [0.29, 0.717) is 26.9 Å². The molecule has 0 aromatic heterocycles. The Morgan fingerprint density at radius 2 is 1.52 bits per heavy atom. The molecule has 1 heterocycles. The fourth-order valence-corrected chi connectivity index (χ4v) is 3.26. The van der Waals surface area contributed by atoms with Crippen LogP contribution < -0.4 is 10.0 Å². The van der Waals surface area contributed by atoms with Crippen molar-refractivity contribution in [3.63, 3.8) is 0 Å². The number of halogens is 1. The first-order valence-corrected chi connectivity index (χ1v) is 7.78. The minimum atomic E-state index is -1.33. The second-order valence-electron chi connectivity index (χ2n) is 5.60. The van der Waals surface area contributed by atoms with Crippen LogP contribution in [-0.2, 0) is 0 Å². The Bertz CT molecular complexity index is 1050. The van der Waals surface area contributed by atoms with Crippen LogP contribution >= 0.6 is 11.6 Å². The number of anilines is 1. The molecule has 1 aliphatic rings. The summed E-state index contributed by atoms with van der Waals surface area (Å²) in [6.45, 7) is 0. The molecule has 0 unspecified atom stereocenters. The topological polar surface area (TPSA) is 77.5 Å². The molecule has 0 fully saturated rings. The lowest BCUT2D eigenvalue weighted by Gasteiger charge is -2.27. The van der Waals surface area contributed by atoms with E-state index in [1.165, 1.54) is 24.3 Å². The van der Waals surface area contributed by atoms with Gasteiger partial charge in [0, 0.05) is 26.9 Å². The molecular formula is C19H9ClNO4-. The third-order valence-corrected chi connectivity index (χ3v) is 4.55. The molecular weight excluding hydrogens is 342 g/mol. The number of imide groups is 1. The number of carboxylic acid groups (broad SMARTS) is 1. The number of carbonyl (C=O) groups excluding carboxylic acids is 3. The molecule has 1 aliphatic heterocycles. The molecule has 4 rings (SSSR count). The normalized spacial score (nSPS) is 13.4. The van der Waals surface area contributed by atoms with Gasteiger partial charge in [-0.2, -0.15) is 0 Å². The Balaban J connectivity index is 1.91. The molecule has 3 aromatic rings. The first-order valence-electron chi connectivity index (χ1n) is 7.40. The van der Waals surface area contributed by atoms with E-state index in [2.05, 4.69) is 0 Å². The maximum Gasteiger partial charge on any atom is 0.265 e. The first kappa shape index (κ1) is 15.4. The minimum Gasteiger partial charge on any atom is -0.545 e. The van der Waals surface area contributed by atoms with Crippen LogP contribution in [-0.4, -0.2) is 17.8 Å². The van der Waals surface area contributed by atoms with Crippen LogP contribution in [0.4, 0.5) is 5.69 Å². The van der Waals surface area contributed by atoms with Gasteiger partial charge in [0.25, 0.3) is 11.8 Å². The Labute approximate surface area is 147 Å². The Morgan fingerprint density at radius 3 is 2.16 bits per heavy atom. The lowest BCUT2D eigenvalue weighted by atomic mass is 9.93. The summed E-state index contributed by atoms with van der Waals surface area (Å²) in [4.78, 5) is 37.7. The summed E-state index contributed by atoms with van der Waals surface area (Å²) >= 11 is 6.18. The van der Waals surface area contributed by atoms with E-state index in [1.807, 2.05) is 0 Å². The van der Waals surface area contributed by atoms with Gasteiger partial charge < -0.3 is 9.90 Å². The molecule has 3 aromatic carbocycles. The van der Waals surface area contributed by atoms with Gasteiger partial charge >= 0.3 is 0 Å². The molecule has 0 bridgehead atoms. The van der Waals surface area contributed by atoms with E-state index in [4.69, 9.17) is 11.6 Å². The molecule has 2 amide bonds. The molecule has 122 valence electrons. The Morgan fingerprint density at radius 1 is 0.880 bits per heavy atom. The summed E-state index contributed by atoms with van der Waals surface area (Å²) < 4.78 is 0. The summed E-state index contributed by atoms with van der Waals surface area (Å²) in [6, 6.07) is 13.7. The molecule has 0 saturated heterocycles. The monoisotopic (exact) mass is 350 g/mol. The number of amides is 2. The first-order chi connectivity index (χ1) is 12.0. The van der Waals surface area contributed by atoms with E-state index in [-0.39, 0.29) is 11.3 Å². The Hall–Kier alpha value is -3.18. The van der Waals surface area contributed by atoms with Crippen LogP contribution in [0.15, 0.2) is 54.6 Å². The van der Waals surface area contributed by atoms with Crippen LogP contribution in [0, 0.1) is 0 Å². The molecule has 0 saturated carbocycles. The highest BCUT2D eigenvalue weighted by Crippen LogP contribution is 2.35. The molecule has 0 N–H and O–H groups in total. The van der Waals surface area contributed by atoms with Gasteiger partial charge in [-0.1, -0.05) is 35.9 Å². The second kappa shape index (κ2) is 5.43. The standard InChI is InChI=1S/C19H10ClNO4/c20-15-9-8-14-16-12(15)2-1-3-13(16)17(22)21(18(14)23)11-6-4-10(5-7-11)19(24)25/h1-9H,(H,24,25)/p-1. The number of nitrogens with zero attached hydrogens (tertiary/aromatic N) is 1. The lowest BCUT2D eigenvalue weighted by molar-refractivity contribution is -0.255. The van der Waals surface area contributed by atoms with Crippen molar-refractivity contribution < 1.29 is 19.5 Å². The van der Waals surface area contributed by atoms with Crippen molar-refractivity contribution in [2.45, 2.75) is 0 Å². The predicted molar refractivity (Wildman–Crippen MR) is 90.9 cm³/mol. The van der Waals surface area contributed by atoms with E-state index in [9.17, 15) is 19.5 Å². The maximum absolute atomic E-state index is 12.9. The zero-order valence-corrected chi connectivity index (χ0v) is 13.4. The largest absolute Gasteiger partial charge is 0.545 e. The van der Waals surface area contributed by atoms with Gasteiger partial charge in [-0.3, -0.25) is 9.59 Å². The maximum atomic E-state index is 12.9. The van der Waals surface area contributed by atoms with Gasteiger partial charge in [0.1, 0.15) is 0 Å². The van der Waals surface area contributed by atoms with Gasteiger partial charge in [-0.05, 0) is 35.9 Å². The number of hydrogen-bond donors (Lipinski definition) is 0. The van der Waals surface area contributed by atoms with E-state index in [1.54, 1.807) is 30.3 Å². The number of hydrogen-bond acceptors (Lipinski definition) is 4. The van der Waals surface area contributed by atoms with Crippen LogP contribution in [0.2, 0.25) is 5.02 Å². The van der Waals surface area contributed by atoms with Crippen molar-refractivity contribution in [1.29, 1.82) is 0 Å². The lowest BCUT2D eigenvalue weighted by Crippen LogP contribution is -2.40. The predicted octanol–water partition coefficient (Wildman–Crippen LogP) is 2.66. The number of benzene rings is 3. The van der Waals surface area contributed by atoms with Crippen molar-refractivity contribution in [3.8, 4) is 0 Å². The van der Waals surface area contributed by atoms with Crippen molar-refractivity contribution in [1.82, 2.24) is 0 Å². The average Bonchev–Trinajstić information content (AvgIpc) is 2.61. The molecule has 0 atom stereocenters. The average molecular weight is 351 g/mol. The molecule has 5 nitrogen and oxygen atoms in total. The van der Waals surface area contributed by atoms with Crippen LogP contribution in [0.3, 0.4) is 0 Å². The smallest absolute Gasteiger partial charge is 0.265 e. The van der Waals surface area contributed by atoms with Crippen molar-refractivity contribution in [3.05, 3.63) is 76.3 Å². The zero-order chi connectivity index (χ0) is 17.7. The molecule has 25 heavy (non-hydrogen) atoms. The highest BCUT2D eigenvalue weighted by Gasteiger charge is 2.34. The third kappa shape index (κ3) is 2.21. The second-order valence-corrected chi connectivity index (χ2v) is 6.01. The van der Waals surface area contributed by atoms with Crippen molar-refractivity contribution in [2.75, 3.05) is 4.90 Å². The number of rotatable bonds is 2. The molecule has 0 radical (unpaired) electrons. The summed E-state index contributed by atoms with van der Waals surface area (Å²) in [5, 5.41) is 12.5. The van der Waals surface area contributed by atoms with E-state index in [0.717, 1.165) is 4.90 Å².